The molecule has 1 aliphatic heterocycles. The molecular formula is C26H28N4S. The van der Waals surface area contributed by atoms with Crippen molar-refractivity contribution in [3.05, 3.63) is 88.1 Å². The Morgan fingerprint density at radius 1 is 0.806 bits per heavy atom. The maximum Gasteiger partial charge on any atom is 0.141 e. The summed E-state index contributed by atoms with van der Waals surface area (Å²) in [5.41, 5.74) is 3.97. The highest BCUT2D eigenvalue weighted by atomic mass is 32.1. The molecule has 0 bridgehead atoms. The Kier molecular flexibility index (Phi) is 5.70. The van der Waals surface area contributed by atoms with Gasteiger partial charge in [0.15, 0.2) is 0 Å². The number of piperazine rings is 1. The molecule has 4 nitrogen and oxygen atoms in total. The van der Waals surface area contributed by atoms with Crippen LogP contribution in [0.3, 0.4) is 0 Å². The van der Waals surface area contributed by atoms with Gasteiger partial charge in [-0.1, -0.05) is 60.7 Å². The normalized spacial score (nSPS) is 15.0. The van der Waals surface area contributed by atoms with Crippen molar-refractivity contribution in [1.82, 2.24) is 14.9 Å². The second kappa shape index (κ2) is 8.77. The highest BCUT2D eigenvalue weighted by molar-refractivity contribution is 7.18. The fraction of sp³-hybridized carbons (Fsp3) is 0.308. The van der Waals surface area contributed by atoms with E-state index in [-0.39, 0.29) is 0 Å². The molecule has 158 valence electrons. The summed E-state index contributed by atoms with van der Waals surface area (Å²) in [5, 5.41) is 1.25. The zero-order chi connectivity index (χ0) is 21.2. The first-order valence-electron chi connectivity index (χ1n) is 11.0. The fourth-order valence-corrected chi connectivity index (χ4v) is 5.36. The molecule has 1 saturated heterocycles. The molecule has 31 heavy (non-hydrogen) atoms. The summed E-state index contributed by atoms with van der Waals surface area (Å²) in [5.74, 6) is 2.04. The van der Waals surface area contributed by atoms with Crippen LogP contribution in [0.1, 0.15) is 27.4 Å². The Morgan fingerprint density at radius 2 is 1.45 bits per heavy atom. The molecule has 0 radical (unpaired) electrons. The first-order chi connectivity index (χ1) is 15.2. The van der Waals surface area contributed by atoms with E-state index < -0.39 is 0 Å². The van der Waals surface area contributed by atoms with E-state index in [4.69, 9.17) is 9.97 Å². The standard InChI is InChI=1S/C26H28N4S/c1-19-20(2)31-26-24(19)25(27-23(28-26)17-21-9-5-3-6-10-21)30-15-13-29(14-16-30)18-22-11-7-4-8-12-22/h3-12H,13-18H2,1-2H3. The number of nitrogens with zero attached hydrogens (tertiary/aromatic N) is 4. The number of aryl methyl sites for hydroxylation is 2. The van der Waals surface area contributed by atoms with Crippen LogP contribution in [-0.2, 0) is 13.0 Å². The average molecular weight is 429 g/mol. The van der Waals surface area contributed by atoms with Crippen molar-refractivity contribution in [2.75, 3.05) is 31.1 Å². The Bertz CT molecular complexity index is 1160. The third-order valence-electron chi connectivity index (χ3n) is 6.18. The zero-order valence-electron chi connectivity index (χ0n) is 18.2. The molecule has 1 fully saturated rings. The van der Waals surface area contributed by atoms with Crippen molar-refractivity contribution in [1.29, 1.82) is 0 Å². The van der Waals surface area contributed by atoms with Crippen LogP contribution in [0.15, 0.2) is 60.7 Å². The number of anilines is 1. The predicted molar refractivity (Wildman–Crippen MR) is 130 cm³/mol. The van der Waals surface area contributed by atoms with E-state index in [0.29, 0.717) is 0 Å². The van der Waals surface area contributed by atoms with Gasteiger partial charge in [0.2, 0.25) is 0 Å². The second-order valence-electron chi connectivity index (χ2n) is 8.34. The Labute approximate surface area is 188 Å². The maximum atomic E-state index is 5.11. The molecule has 2 aromatic heterocycles. The smallest absolute Gasteiger partial charge is 0.141 e. The van der Waals surface area contributed by atoms with Crippen LogP contribution in [0.25, 0.3) is 10.2 Å². The minimum absolute atomic E-state index is 0.772. The SMILES string of the molecule is Cc1sc2nc(Cc3ccccc3)nc(N3CCN(Cc4ccccc4)CC3)c2c1C. The Hall–Kier alpha value is -2.76. The summed E-state index contributed by atoms with van der Waals surface area (Å²) < 4.78 is 0. The lowest BCUT2D eigenvalue weighted by molar-refractivity contribution is 0.249. The highest BCUT2D eigenvalue weighted by Gasteiger charge is 2.23. The number of rotatable bonds is 5. The molecule has 4 aromatic rings. The van der Waals surface area contributed by atoms with Crippen LogP contribution in [-0.4, -0.2) is 41.0 Å². The lowest BCUT2D eigenvalue weighted by Gasteiger charge is -2.36. The summed E-state index contributed by atoms with van der Waals surface area (Å²) in [4.78, 5) is 17.5. The molecule has 0 saturated carbocycles. The molecule has 0 atom stereocenters. The summed E-state index contributed by atoms with van der Waals surface area (Å²) >= 11 is 1.80. The van der Waals surface area contributed by atoms with Gasteiger partial charge in [-0.3, -0.25) is 4.90 Å². The van der Waals surface area contributed by atoms with Crippen molar-refractivity contribution in [2.45, 2.75) is 26.8 Å². The molecule has 1 aliphatic rings. The van der Waals surface area contributed by atoms with Crippen LogP contribution in [0.2, 0.25) is 0 Å². The van der Waals surface area contributed by atoms with Gasteiger partial charge in [0.05, 0.1) is 5.39 Å². The van der Waals surface area contributed by atoms with Crippen molar-refractivity contribution in [2.24, 2.45) is 0 Å². The number of fused-ring (bicyclic) bond motifs is 1. The van der Waals surface area contributed by atoms with Gasteiger partial charge in [-0.25, -0.2) is 9.97 Å². The number of hydrogen-bond donors (Lipinski definition) is 0. The number of aromatic nitrogens is 2. The van der Waals surface area contributed by atoms with E-state index >= 15 is 0 Å². The van der Waals surface area contributed by atoms with Gasteiger partial charge in [-0.05, 0) is 30.5 Å². The molecule has 3 heterocycles. The summed E-state index contributed by atoms with van der Waals surface area (Å²) in [7, 11) is 0. The molecule has 5 rings (SSSR count). The van der Waals surface area contributed by atoms with Gasteiger partial charge in [0, 0.05) is 44.0 Å². The molecule has 0 spiro atoms. The van der Waals surface area contributed by atoms with Gasteiger partial charge in [0.1, 0.15) is 16.5 Å². The molecule has 2 aromatic carbocycles. The van der Waals surface area contributed by atoms with Crippen LogP contribution in [0.4, 0.5) is 5.82 Å². The quantitative estimate of drug-likeness (QED) is 0.436. The van der Waals surface area contributed by atoms with Crippen LogP contribution in [0, 0.1) is 13.8 Å². The van der Waals surface area contributed by atoms with Crippen LogP contribution in [0.5, 0.6) is 0 Å². The van der Waals surface area contributed by atoms with E-state index in [1.54, 1.807) is 11.3 Å². The first kappa shape index (κ1) is 20.2. The van der Waals surface area contributed by atoms with Crippen molar-refractivity contribution >= 4 is 27.4 Å². The molecule has 0 N–H and O–H groups in total. The highest BCUT2D eigenvalue weighted by Crippen LogP contribution is 2.35. The van der Waals surface area contributed by atoms with Crippen LogP contribution >= 0.6 is 11.3 Å². The fourth-order valence-electron chi connectivity index (χ4n) is 4.32. The van der Waals surface area contributed by atoms with Gasteiger partial charge in [0.25, 0.3) is 0 Å². The van der Waals surface area contributed by atoms with E-state index in [1.807, 2.05) is 0 Å². The van der Waals surface area contributed by atoms with Crippen LogP contribution < -0.4 is 4.90 Å². The number of benzene rings is 2. The largest absolute Gasteiger partial charge is 0.353 e. The molecule has 5 heteroatoms. The molecule has 0 aliphatic carbocycles. The number of thiophene rings is 1. The van der Waals surface area contributed by atoms with Gasteiger partial charge in [-0.15, -0.1) is 11.3 Å². The van der Waals surface area contributed by atoms with Gasteiger partial charge < -0.3 is 4.90 Å². The van der Waals surface area contributed by atoms with Crippen molar-refractivity contribution in [3.63, 3.8) is 0 Å². The van der Waals surface area contributed by atoms with E-state index in [1.165, 1.54) is 27.0 Å². The van der Waals surface area contributed by atoms with E-state index in [9.17, 15) is 0 Å². The second-order valence-corrected chi connectivity index (χ2v) is 9.54. The zero-order valence-corrected chi connectivity index (χ0v) is 19.0. The Morgan fingerprint density at radius 3 is 2.13 bits per heavy atom. The predicted octanol–water partition coefficient (Wildman–Crippen LogP) is 5.22. The topological polar surface area (TPSA) is 32.3 Å². The van der Waals surface area contributed by atoms with Crippen molar-refractivity contribution in [3.8, 4) is 0 Å². The average Bonchev–Trinajstić information content (AvgIpc) is 3.08. The van der Waals surface area contributed by atoms with E-state index in [0.717, 1.165) is 55.6 Å². The summed E-state index contributed by atoms with van der Waals surface area (Å²) in [6, 6.07) is 21.3. The first-order valence-corrected chi connectivity index (χ1v) is 11.8. The van der Waals surface area contributed by atoms with Gasteiger partial charge in [-0.2, -0.15) is 0 Å². The minimum Gasteiger partial charge on any atom is -0.353 e. The van der Waals surface area contributed by atoms with E-state index in [2.05, 4.69) is 84.3 Å². The third-order valence-corrected chi connectivity index (χ3v) is 7.28. The van der Waals surface area contributed by atoms with Crippen molar-refractivity contribution < 1.29 is 0 Å². The lowest BCUT2D eigenvalue weighted by Crippen LogP contribution is -2.46. The van der Waals surface area contributed by atoms with Gasteiger partial charge >= 0.3 is 0 Å². The third kappa shape index (κ3) is 4.34. The molecule has 0 amide bonds. The Balaban J connectivity index is 1.40. The number of hydrogen-bond acceptors (Lipinski definition) is 5. The molecule has 0 unspecified atom stereocenters. The maximum absolute atomic E-state index is 5.11. The summed E-state index contributed by atoms with van der Waals surface area (Å²) in [6.07, 6.45) is 0.772. The monoisotopic (exact) mass is 428 g/mol. The lowest BCUT2D eigenvalue weighted by atomic mass is 10.1. The summed E-state index contributed by atoms with van der Waals surface area (Å²) in [6.45, 7) is 9.52. The molecular weight excluding hydrogens is 400 g/mol. The minimum atomic E-state index is 0.772.